The standard InChI is InChI=1S/C7H13NO/c1-2-3-4-7(9)5-6-8/h7,9H,2-5H2,1H3/t7-/m1/s1. The van der Waals surface area contributed by atoms with E-state index in [-0.39, 0.29) is 6.42 Å². The third-order valence-electron chi connectivity index (χ3n) is 1.22. The summed E-state index contributed by atoms with van der Waals surface area (Å²) >= 11 is 0. The molecule has 0 aliphatic heterocycles. The monoisotopic (exact) mass is 127 g/mol. The Balaban J connectivity index is 3.08. The van der Waals surface area contributed by atoms with Crippen molar-refractivity contribution in [1.82, 2.24) is 0 Å². The van der Waals surface area contributed by atoms with Crippen molar-refractivity contribution in [3.63, 3.8) is 0 Å². The summed E-state index contributed by atoms with van der Waals surface area (Å²) < 4.78 is 0. The summed E-state index contributed by atoms with van der Waals surface area (Å²) in [4.78, 5) is 0. The maximum absolute atomic E-state index is 8.96. The molecule has 0 heterocycles. The largest absolute Gasteiger partial charge is 0.392 e. The molecule has 0 amide bonds. The van der Waals surface area contributed by atoms with Crippen LogP contribution < -0.4 is 0 Å². The van der Waals surface area contributed by atoms with Gasteiger partial charge in [0.2, 0.25) is 0 Å². The van der Waals surface area contributed by atoms with Gasteiger partial charge in [-0.25, -0.2) is 0 Å². The molecule has 0 rings (SSSR count). The SMILES string of the molecule is CCCC[C@@H](O)CC#N. The third-order valence-corrected chi connectivity index (χ3v) is 1.22. The second-order valence-corrected chi connectivity index (χ2v) is 2.16. The lowest BCUT2D eigenvalue weighted by molar-refractivity contribution is 0.166. The number of nitriles is 1. The number of rotatable bonds is 4. The summed E-state index contributed by atoms with van der Waals surface area (Å²) in [6.07, 6.45) is 2.75. The lowest BCUT2D eigenvalue weighted by atomic mass is 10.1. The van der Waals surface area contributed by atoms with E-state index >= 15 is 0 Å². The molecule has 0 saturated heterocycles. The van der Waals surface area contributed by atoms with E-state index < -0.39 is 6.10 Å². The van der Waals surface area contributed by atoms with Crippen LogP contribution >= 0.6 is 0 Å². The predicted molar refractivity (Wildman–Crippen MR) is 35.8 cm³/mol. The first-order chi connectivity index (χ1) is 4.31. The van der Waals surface area contributed by atoms with Crippen molar-refractivity contribution in [2.24, 2.45) is 0 Å². The predicted octanol–water partition coefficient (Wildman–Crippen LogP) is 1.45. The summed E-state index contributed by atoms with van der Waals surface area (Å²) in [5.41, 5.74) is 0. The molecule has 0 aliphatic carbocycles. The van der Waals surface area contributed by atoms with E-state index in [1.165, 1.54) is 0 Å². The van der Waals surface area contributed by atoms with Gasteiger partial charge in [-0.05, 0) is 6.42 Å². The van der Waals surface area contributed by atoms with Gasteiger partial charge in [0.25, 0.3) is 0 Å². The fraction of sp³-hybridized carbons (Fsp3) is 0.857. The Hall–Kier alpha value is -0.550. The highest BCUT2D eigenvalue weighted by molar-refractivity contribution is 4.74. The van der Waals surface area contributed by atoms with E-state index in [0.717, 1.165) is 19.3 Å². The fourth-order valence-electron chi connectivity index (χ4n) is 0.647. The zero-order chi connectivity index (χ0) is 7.11. The van der Waals surface area contributed by atoms with Crippen LogP contribution in [0.5, 0.6) is 0 Å². The molecule has 0 fully saturated rings. The number of nitrogens with zero attached hydrogens (tertiary/aromatic N) is 1. The Labute approximate surface area is 56.1 Å². The van der Waals surface area contributed by atoms with Gasteiger partial charge in [-0.3, -0.25) is 0 Å². The maximum atomic E-state index is 8.96. The number of hydrogen-bond donors (Lipinski definition) is 1. The Morgan fingerprint density at radius 1 is 1.67 bits per heavy atom. The van der Waals surface area contributed by atoms with E-state index in [1.54, 1.807) is 0 Å². The molecule has 1 atom stereocenters. The Morgan fingerprint density at radius 2 is 2.33 bits per heavy atom. The molecule has 52 valence electrons. The summed E-state index contributed by atoms with van der Waals surface area (Å²) in [5.74, 6) is 0. The molecule has 9 heavy (non-hydrogen) atoms. The minimum absolute atomic E-state index is 0.278. The minimum Gasteiger partial charge on any atom is -0.392 e. The Morgan fingerprint density at radius 3 is 2.78 bits per heavy atom. The van der Waals surface area contributed by atoms with Gasteiger partial charge in [0, 0.05) is 0 Å². The van der Waals surface area contributed by atoms with Crippen molar-refractivity contribution in [2.75, 3.05) is 0 Å². The van der Waals surface area contributed by atoms with E-state index in [1.807, 2.05) is 6.07 Å². The quantitative estimate of drug-likeness (QED) is 0.621. The highest BCUT2D eigenvalue weighted by atomic mass is 16.3. The van der Waals surface area contributed by atoms with Crippen molar-refractivity contribution in [3.8, 4) is 6.07 Å². The molecule has 0 saturated carbocycles. The van der Waals surface area contributed by atoms with Crippen molar-refractivity contribution in [1.29, 1.82) is 5.26 Å². The van der Waals surface area contributed by atoms with Crippen LogP contribution in [-0.4, -0.2) is 11.2 Å². The highest BCUT2D eigenvalue weighted by Crippen LogP contribution is 2.02. The second kappa shape index (κ2) is 5.58. The molecule has 0 aromatic heterocycles. The van der Waals surface area contributed by atoms with Gasteiger partial charge in [0.05, 0.1) is 18.6 Å². The van der Waals surface area contributed by atoms with Crippen LogP contribution in [0.2, 0.25) is 0 Å². The van der Waals surface area contributed by atoms with Gasteiger partial charge in [-0.2, -0.15) is 5.26 Å². The molecule has 0 radical (unpaired) electrons. The summed E-state index contributed by atoms with van der Waals surface area (Å²) in [6, 6.07) is 1.93. The van der Waals surface area contributed by atoms with Crippen LogP contribution in [0.3, 0.4) is 0 Å². The van der Waals surface area contributed by atoms with Crippen LogP contribution in [0.1, 0.15) is 32.6 Å². The average molecular weight is 127 g/mol. The van der Waals surface area contributed by atoms with Crippen molar-refractivity contribution in [2.45, 2.75) is 38.7 Å². The van der Waals surface area contributed by atoms with Gasteiger partial charge in [0.15, 0.2) is 0 Å². The van der Waals surface area contributed by atoms with Crippen LogP contribution in [-0.2, 0) is 0 Å². The molecule has 2 heteroatoms. The van der Waals surface area contributed by atoms with E-state index in [2.05, 4.69) is 6.92 Å². The molecule has 2 nitrogen and oxygen atoms in total. The van der Waals surface area contributed by atoms with Crippen molar-refractivity contribution >= 4 is 0 Å². The molecule has 0 bridgehead atoms. The third kappa shape index (κ3) is 5.32. The molecular formula is C7H13NO. The van der Waals surface area contributed by atoms with Crippen molar-refractivity contribution < 1.29 is 5.11 Å². The Bertz CT molecular complexity index is 95.6. The highest BCUT2D eigenvalue weighted by Gasteiger charge is 1.99. The van der Waals surface area contributed by atoms with Gasteiger partial charge in [0.1, 0.15) is 0 Å². The first kappa shape index (κ1) is 8.45. The molecule has 0 aromatic carbocycles. The van der Waals surface area contributed by atoms with Crippen LogP contribution in [0, 0.1) is 11.3 Å². The van der Waals surface area contributed by atoms with Crippen LogP contribution in [0.15, 0.2) is 0 Å². The normalized spacial score (nSPS) is 12.6. The molecular weight excluding hydrogens is 114 g/mol. The van der Waals surface area contributed by atoms with Gasteiger partial charge < -0.3 is 5.11 Å². The number of hydrogen-bond acceptors (Lipinski definition) is 2. The number of aliphatic hydroxyl groups is 1. The molecule has 1 N–H and O–H groups in total. The van der Waals surface area contributed by atoms with E-state index in [0.29, 0.717) is 0 Å². The topological polar surface area (TPSA) is 44.0 Å². The van der Waals surface area contributed by atoms with Crippen LogP contribution in [0.4, 0.5) is 0 Å². The second-order valence-electron chi connectivity index (χ2n) is 2.16. The van der Waals surface area contributed by atoms with Gasteiger partial charge in [-0.15, -0.1) is 0 Å². The summed E-state index contributed by atoms with van der Waals surface area (Å²) in [7, 11) is 0. The molecule has 0 unspecified atom stereocenters. The fourth-order valence-corrected chi connectivity index (χ4v) is 0.647. The lowest BCUT2D eigenvalue weighted by Crippen LogP contribution is -2.03. The maximum Gasteiger partial charge on any atom is 0.0670 e. The number of aliphatic hydroxyl groups excluding tert-OH is 1. The molecule has 0 spiro atoms. The zero-order valence-corrected chi connectivity index (χ0v) is 5.80. The Kier molecular flexibility index (Phi) is 5.24. The zero-order valence-electron chi connectivity index (χ0n) is 5.80. The molecule has 0 aliphatic rings. The van der Waals surface area contributed by atoms with E-state index in [9.17, 15) is 0 Å². The summed E-state index contributed by atoms with van der Waals surface area (Å²) in [5, 5.41) is 17.1. The lowest BCUT2D eigenvalue weighted by Gasteiger charge is -2.02. The first-order valence-electron chi connectivity index (χ1n) is 3.36. The minimum atomic E-state index is -0.394. The average Bonchev–Trinajstić information content (AvgIpc) is 1.85. The smallest absolute Gasteiger partial charge is 0.0670 e. The van der Waals surface area contributed by atoms with Gasteiger partial charge in [-0.1, -0.05) is 19.8 Å². The van der Waals surface area contributed by atoms with E-state index in [4.69, 9.17) is 10.4 Å². The first-order valence-corrected chi connectivity index (χ1v) is 3.36. The summed E-state index contributed by atoms with van der Waals surface area (Å²) in [6.45, 7) is 2.07. The van der Waals surface area contributed by atoms with Crippen molar-refractivity contribution in [3.05, 3.63) is 0 Å². The van der Waals surface area contributed by atoms with Crippen LogP contribution in [0.25, 0.3) is 0 Å². The number of unbranched alkanes of at least 4 members (excludes halogenated alkanes) is 1. The van der Waals surface area contributed by atoms with Gasteiger partial charge >= 0.3 is 0 Å². The molecule has 0 aromatic rings.